The van der Waals surface area contributed by atoms with Crippen molar-refractivity contribution in [3.63, 3.8) is 0 Å². The van der Waals surface area contributed by atoms with E-state index < -0.39 is 12.0 Å². The molecule has 4 nitrogen and oxygen atoms in total. The van der Waals surface area contributed by atoms with Gasteiger partial charge >= 0.3 is 5.97 Å². The van der Waals surface area contributed by atoms with E-state index in [-0.39, 0.29) is 30.5 Å². The van der Waals surface area contributed by atoms with Crippen LogP contribution in [0, 0.1) is 11.7 Å². The first kappa shape index (κ1) is 15.1. The van der Waals surface area contributed by atoms with Crippen molar-refractivity contribution in [1.82, 2.24) is 5.32 Å². The molecule has 0 bridgehead atoms. The third-order valence-corrected chi connectivity index (χ3v) is 2.81. The minimum Gasteiger partial charge on any atom is -0.481 e. The molecular formula is C14H18FNO3. The smallest absolute Gasteiger partial charge is 0.303 e. The molecule has 2 atom stereocenters. The molecule has 19 heavy (non-hydrogen) atoms. The summed E-state index contributed by atoms with van der Waals surface area (Å²) in [5.41, 5.74) is 0.418. The summed E-state index contributed by atoms with van der Waals surface area (Å²) in [6.07, 6.45) is 0.0621. The topological polar surface area (TPSA) is 66.4 Å². The molecule has 0 fully saturated rings. The second-order valence-electron chi connectivity index (χ2n) is 4.72. The van der Waals surface area contributed by atoms with Crippen molar-refractivity contribution in [2.24, 2.45) is 5.92 Å². The van der Waals surface area contributed by atoms with Gasteiger partial charge in [0.25, 0.3) is 0 Å². The quantitative estimate of drug-likeness (QED) is 0.832. The molecule has 1 rings (SSSR count). The van der Waals surface area contributed by atoms with Crippen LogP contribution in [-0.4, -0.2) is 17.0 Å². The largest absolute Gasteiger partial charge is 0.481 e. The number of amides is 1. The molecule has 104 valence electrons. The van der Waals surface area contributed by atoms with Crippen LogP contribution in [0.3, 0.4) is 0 Å². The highest BCUT2D eigenvalue weighted by Crippen LogP contribution is 2.17. The second-order valence-corrected chi connectivity index (χ2v) is 4.72. The number of aliphatic carboxylic acids is 1. The third kappa shape index (κ3) is 5.07. The van der Waals surface area contributed by atoms with Gasteiger partial charge in [0.15, 0.2) is 0 Å². The lowest BCUT2D eigenvalue weighted by atomic mass is 10.0. The summed E-state index contributed by atoms with van der Waals surface area (Å²) in [5.74, 6) is -1.81. The molecule has 0 heterocycles. The maximum absolute atomic E-state index is 13.5. The second kappa shape index (κ2) is 6.87. The fraction of sp³-hybridized carbons (Fsp3) is 0.429. The van der Waals surface area contributed by atoms with Gasteiger partial charge in [-0.1, -0.05) is 25.1 Å². The van der Waals surface area contributed by atoms with Gasteiger partial charge in [-0.25, -0.2) is 4.39 Å². The van der Waals surface area contributed by atoms with Crippen molar-refractivity contribution in [3.8, 4) is 0 Å². The van der Waals surface area contributed by atoms with Crippen LogP contribution in [0.5, 0.6) is 0 Å². The van der Waals surface area contributed by atoms with Crippen LogP contribution in [0.4, 0.5) is 4.39 Å². The maximum atomic E-state index is 13.5. The monoisotopic (exact) mass is 267 g/mol. The van der Waals surface area contributed by atoms with Gasteiger partial charge < -0.3 is 10.4 Å². The van der Waals surface area contributed by atoms with E-state index >= 15 is 0 Å². The minimum atomic E-state index is -0.928. The van der Waals surface area contributed by atoms with Crippen LogP contribution in [0.15, 0.2) is 24.3 Å². The number of carboxylic acid groups (broad SMARTS) is 1. The van der Waals surface area contributed by atoms with E-state index in [1.165, 1.54) is 6.07 Å². The first-order valence-corrected chi connectivity index (χ1v) is 6.15. The van der Waals surface area contributed by atoms with Crippen molar-refractivity contribution < 1.29 is 19.1 Å². The summed E-state index contributed by atoms with van der Waals surface area (Å²) >= 11 is 0. The average molecular weight is 267 g/mol. The minimum absolute atomic E-state index is 0.0541. The van der Waals surface area contributed by atoms with E-state index in [1.807, 2.05) is 0 Å². The Morgan fingerprint density at radius 2 is 1.89 bits per heavy atom. The molecule has 0 aliphatic carbocycles. The van der Waals surface area contributed by atoms with Crippen LogP contribution < -0.4 is 5.32 Å². The van der Waals surface area contributed by atoms with Crippen LogP contribution in [0.1, 0.15) is 38.3 Å². The van der Waals surface area contributed by atoms with Gasteiger partial charge in [-0.05, 0) is 18.9 Å². The predicted octanol–water partition coefficient (Wildman–Crippen LogP) is 2.50. The van der Waals surface area contributed by atoms with Crippen molar-refractivity contribution in [2.45, 2.75) is 32.7 Å². The molecule has 0 radical (unpaired) electrons. The Labute approximate surface area is 111 Å². The Bertz CT molecular complexity index is 462. The molecular weight excluding hydrogens is 249 g/mol. The molecule has 1 aromatic carbocycles. The zero-order valence-corrected chi connectivity index (χ0v) is 11.0. The van der Waals surface area contributed by atoms with Crippen molar-refractivity contribution >= 4 is 11.9 Å². The van der Waals surface area contributed by atoms with Crippen LogP contribution >= 0.6 is 0 Å². The van der Waals surface area contributed by atoms with Gasteiger partial charge in [0, 0.05) is 18.4 Å². The van der Waals surface area contributed by atoms with Gasteiger partial charge in [-0.3, -0.25) is 9.59 Å². The molecule has 1 aromatic rings. The number of benzene rings is 1. The van der Waals surface area contributed by atoms with Gasteiger partial charge in [0.2, 0.25) is 5.91 Å². The van der Waals surface area contributed by atoms with E-state index in [0.717, 1.165) is 0 Å². The summed E-state index contributed by atoms with van der Waals surface area (Å²) in [6, 6.07) is 5.80. The Balaban J connectivity index is 2.53. The summed E-state index contributed by atoms with van der Waals surface area (Å²) in [6.45, 7) is 3.39. The Morgan fingerprint density at radius 1 is 1.26 bits per heavy atom. The van der Waals surface area contributed by atoms with Crippen molar-refractivity contribution in [2.75, 3.05) is 0 Å². The Kier molecular flexibility index (Phi) is 5.48. The number of carbonyl (C=O) groups is 2. The van der Waals surface area contributed by atoms with E-state index in [4.69, 9.17) is 5.11 Å². The van der Waals surface area contributed by atoms with E-state index in [1.54, 1.807) is 32.0 Å². The molecule has 0 aliphatic rings. The summed E-state index contributed by atoms with van der Waals surface area (Å²) in [4.78, 5) is 22.2. The number of hydrogen-bond donors (Lipinski definition) is 2. The number of halogens is 1. The lowest BCUT2D eigenvalue weighted by Crippen LogP contribution is -2.28. The molecule has 0 spiro atoms. The summed E-state index contributed by atoms with van der Waals surface area (Å²) in [7, 11) is 0. The van der Waals surface area contributed by atoms with E-state index in [9.17, 15) is 14.0 Å². The number of carbonyl (C=O) groups excluding carboxylic acids is 1. The maximum Gasteiger partial charge on any atom is 0.303 e. The third-order valence-electron chi connectivity index (χ3n) is 2.81. The zero-order chi connectivity index (χ0) is 14.4. The zero-order valence-electron chi connectivity index (χ0n) is 11.0. The first-order valence-electron chi connectivity index (χ1n) is 6.15. The number of carboxylic acids is 1. The Morgan fingerprint density at radius 3 is 2.47 bits per heavy atom. The molecule has 2 N–H and O–H groups in total. The number of nitrogens with one attached hydrogen (secondary N) is 1. The first-order chi connectivity index (χ1) is 8.90. The van der Waals surface area contributed by atoms with Crippen molar-refractivity contribution in [3.05, 3.63) is 35.6 Å². The standard InChI is InChI=1S/C14H18FNO3/c1-9(8-14(18)19)7-13(17)16-10(2)11-5-3-4-6-12(11)15/h3-6,9-10H,7-8H2,1-2H3,(H,16,17)(H,18,19)/t9?,10-/m0/s1. The summed E-state index contributed by atoms with van der Waals surface area (Å²) < 4.78 is 13.5. The fourth-order valence-corrected chi connectivity index (χ4v) is 1.89. The van der Waals surface area contributed by atoms with Crippen LogP contribution in [-0.2, 0) is 9.59 Å². The van der Waals surface area contributed by atoms with Gasteiger partial charge in [-0.15, -0.1) is 0 Å². The van der Waals surface area contributed by atoms with Crippen LogP contribution in [0.2, 0.25) is 0 Å². The van der Waals surface area contributed by atoms with Gasteiger partial charge in [-0.2, -0.15) is 0 Å². The normalized spacial score (nSPS) is 13.6. The summed E-state index contributed by atoms with van der Waals surface area (Å²) in [5, 5.41) is 11.3. The highest BCUT2D eigenvalue weighted by Gasteiger charge is 2.16. The molecule has 0 aliphatic heterocycles. The molecule has 0 saturated heterocycles. The molecule has 0 saturated carbocycles. The lowest BCUT2D eigenvalue weighted by Gasteiger charge is -2.16. The molecule has 0 aromatic heterocycles. The number of hydrogen-bond acceptors (Lipinski definition) is 2. The SMILES string of the molecule is CC(CC(=O)O)CC(=O)N[C@@H](C)c1ccccc1F. The van der Waals surface area contributed by atoms with Gasteiger partial charge in [0.05, 0.1) is 6.04 Å². The highest BCUT2D eigenvalue weighted by molar-refractivity contribution is 5.77. The van der Waals surface area contributed by atoms with Crippen molar-refractivity contribution in [1.29, 1.82) is 0 Å². The number of rotatable bonds is 6. The van der Waals surface area contributed by atoms with Crippen LogP contribution in [0.25, 0.3) is 0 Å². The predicted molar refractivity (Wildman–Crippen MR) is 69.0 cm³/mol. The lowest BCUT2D eigenvalue weighted by molar-refractivity contribution is -0.138. The molecule has 1 unspecified atom stereocenters. The fourth-order valence-electron chi connectivity index (χ4n) is 1.89. The van der Waals surface area contributed by atoms with E-state index in [0.29, 0.717) is 5.56 Å². The van der Waals surface area contributed by atoms with Gasteiger partial charge in [0.1, 0.15) is 5.82 Å². The Hall–Kier alpha value is -1.91. The molecule has 5 heteroatoms. The van der Waals surface area contributed by atoms with E-state index in [2.05, 4.69) is 5.32 Å². The average Bonchev–Trinajstić information content (AvgIpc) is 2.27. The highest BCUT2D eigenvalue weighted by atomic mass is 19.1. The molecule has 1 amide bonds.